The Morgan fingerprint density at radius 2 is 0.889 bits per heavy atom. The summed E-state index contributed by atoms with van der Waals surface area (Å²) in [6.45, 7) is 0. The molecule has 4 rings (SSSR count). The first-order valence-electron chi connectivity index (χ1n) is 11.6. The molecule has 0 aliphatic rings. The SMILES string of the molecule is COC(=O)C(C(=O)OC)=C(C[P+](c1ccccc1)(c1ccccc1)c1ccccc1)c1ccccc1. The van der Waals surface area contributed by atoms with E-state index in [-0.39, 0.29) is 5.57 Å². The van der Waals surface area contributed by atoms with Gasteiger partial charge in [-0.1, -0.05) is 84.9 Å². The van der Waals surface area contributed by atoms with Crippen LogP contribution in [0.15, 0.2) is 127 Å². The van der Waals surface area contributed by atoms with Crippen molar-refractivity contribution in [2.75, 3.05) is 20.4 Å². The average Bonchev–Trinajstić information content (AvgIpc) is 2.96. The lowest BCUT2D eigenvalue weighted by molar-refractivity contribution is -0.143. The Bertz CT molecular complexity index is 1220. The van der Waals surface area contributed by atoms with Crippen molar-refractivity contribution < 1.29 is 19.1 Å². The summed E-state index contributed by atoms with van der Waals surface area (Å²) in [5.74, 6) is -1.43. The highest BCUT2D eigenvalue weighted by atomic mass is 31.2. The van der Waals surface area contributed by atoms with Crippen molar-refractivity contribution in [3.05, 3.63) is 132 Å². The molecule has 0 fully saturated rings. The molecule has 0 aromatic heterocycles. The number of methoxy groups -OCH3 is 2. The highest BCUT2D eigenvalue weighted by Gasteiger charge is 2.47. The van der Waals surface area contributed by atoms with Crippen molar-refractivity contribution in [3.63, 3.8) is 0 Å². The van der Waals surface area contributed by atoms with Gasteiger partial charge in [-0.3, -0.25) is 0 Å². The summed E-state index contributed by atoms with van der Waals surface area (Å²) < 4.78 is 10.2. The first-order valence-corrected chi connectivity index (χ1v) is 13.6. The van der Waals surface area contributed by atoms with Gasteiger partial charge in [0, 0.05) is 5.57 Å². The average molecular weight is 496 g/mol. The molecule has 0 saturated carbocycles. The van der Waals surface area contributed by atoms with Crippen molar-refractivity contribution in [1.29, 1.82) is 0 Å². The molecule has 4 nitrogen and oxygen atoms in total. The van der Waals surface area contributed by atoms with Gasteiger partial charge in [0.2, 0.25) is 0 Å². The fraction of sp³-hybridized carbons (Fsp3) is 0.0968. The van der Waals surface area contributed by atoms with E-state index in [1.165, 1.54) is 14.2 Å². The summed E-state index contributed by atoms with van der Waals surface area (Å²) in [6, 6.07) is 40.5. The number of carbonyl (C=O) groups is 2. The molecule has 0 aliphatic heterocycles. The van der Waals surface area contributed by atoms with Gasteiger partial charge in [0.15, 0.2) is 5.57 Å². The molecule has 180 valence electrons. The van der Waals surface area contributed by atoms with Gasteiger partial charge in [-0.15, -0.1) is 0 Å². The Labute approximate surface area is 212 Å². The van der Waals surface area contributed by atoms with Gasteiger partial charge < -0.3 is 9.47 Å². The van der Waals surface area contributed by atoms with E-state index in [1.54, 1.807) is 0 Å². The van der Waals surface area contributed by atoms with Crippen LogP contribution in [0.2, 0.25) is 0 Å². The van der Waals surface area contributed by atoms with Crippen molar-refractivity contribution in [2.24, 2.45) is 0 Å². The highest BCUT2D eigenvalue weighted by Crippen LogP contribution is 2.58. The third kappa shape index (κ3) is 5.00. The predicted molar refractivity (Wildman–Crippen MR) is 147 cm³/mol. The summed E-state index contributed by atoms with van der Waals surface area (Å²) in [5.41, 5.74) is 1.29. The third-order valence-electron chi connectivity index (χ3n) is 6.19. The summed E-state index contributed by atoms with van der Waals surface area (Å²) >= 11 is 0. The molecule has 0 aliphatic carbocycles. The summed E-state index contributed by atoms with van der Waals surface area (Å²) in [7, 11) is 0.157. The lowest BCUT2D eigenvalue weighted by atomic mass is 10.0. The van der Waals surface area contributed by atoms with Crippen molar-refractivity contribution in [3.8, 4) is 0 Å². The summed E-state index contributed by atoms with van der Waals surface area (Å²) in [5, 5.41) is 3.43. The standard InChI is InChI=1S/C31H28O4P/c1-34-30(32)29(31(33)35-2)28(24-15-7-3-8-16-24)23-36(25-17-9-4-10-18-25,26-19-11-5-12-20-26)27-21-13-6-14-22-27/h3-22H,23H2,1-2H3/q+1. The van der Waals surface area contributed by atoms with E-state index in [0.717, 1.165) is 21.5 Å². The van der Waals surface area contributed by atoms with Crippen LogP contribution in [0.25, 0.3) is 5.57 Å². The maximum atomic E-state index is 13.1. The quantitative estimate of drug-likeness (QED) is 0.116. The molecule has 0 N–H and O–H groups in total. The van der Waals surface area contributed by atoms with E-state index in [4.69, 9.17) is 9.47 Å². The van der Waals surface area contributed by atoms with Gasteiger partial charge in [-0.05, 0) is 42.0 Å². The van der Waals surface area contributed by atoms with E-state index in [0.29, 0.717) is 11.7 Å². The van der Waals surface area contributed by atoms with Crippen molar-refractivity contribution in [2.45, 2.75) is 0 Å². The van der Waals surface area contributed by atoms with Crippen molar-refractivity contribution >= 4 is 40.7 Å². The molecule has 0 radical (unpaired) electrons. The zero-order valence-electron chi connectivity index (χ0n) is 20.3. The predicted octanol–water partition coefficient (Wildman–Crippen LogP) is 4.78. The third-order valence-corrected chi connectivity index (χ3v) is 10.5. The van der Waals surface area contributed by atoms with Gasteiger partial charge in [0.05, 0.1) is 14.2 Å². The molecular weight excluding hydrogens is 467 g/mol. The van der Waals surface area contributed by atoms with Crippen LogP contribution in [0.3, 0.4) is 0 Å². The second-order valence-electron chi connectivity index (χ2n) is 8.18. The smallest absolute Gasteiger partial charge is 0.345 e. The van der Waals surface area contributed by atoms with Gasteiger partial charge in [-0.25, -0.2) is 9.59 Å². The number of hydrogen-bond donors (Lipinski definition) is 0. The Kier molecular flexibility index (Phi) is 8.10. The molecule has 0 saturated heterocycles. The van der Waals surface area contributed by atoms with Crippen LogP contribution in [-0.2, 0) is 19.1 Å². The molecule has 0 bridgehead atoms. The van der Waals surface area contributed by atoms with E-state index < -0.39 is 19.2 Å². The second kappa shape index (κ2) is 11.6. The molecule has 0 spiro atoms. The van der Waals surface area contributed by atoms with Gasteiger partial charge >= 0.3 is 11.9 Å². The van der Waals surface area contributed by atoms with E-state index in [2.05, 4.69) is 36.4 Å². The number of esters is 2. The van der Waals surface area contributed by atoms with Crippen LogP contribution in [0.4, 0.5) is 0 Å². The zero-order chi connectivity index (χ0) is 25.4. The first kappa shape index (κ1) is 25.1. The molecule has 0 heterocycles. The molecule has 4 aromatic rings. The van der Waals surface area contributed by atoms with Crippen LogP contribution in [0.1, 0.15) is 5.56 Å². The Morgan fingerprint density at radius 3 is 1.22 bits per heavy atom. The van der Waals surface area contributed by atoms with Gasteiger partial charge in [-0.2, -0.15) is 0 Å². The fourth-order valence-corrected chi connectivity index (χ4v) is 8.79. The number of carbonyl (C=O) groups excluding carboxylic acids is 2. The van der Waals surface area contributed by atoms with Gasteiger partial charge in [0.1, 0.15) is 29.3 Å². The van der Waals surface area contributed by atoms with Crippen LogP contribution < -0.4 is 15.9 Å². The van der Waals surface area contributed by atoms with Crippen LogP contribution in [0, 0.1) is 0 Å². The van der Waals surface area contributed by atoms with Crippen LogP contribution in [-0.4, -0.2) is 32.3 Å². The Hall–Kier alpha value is -4.01. The molecule has 0 unspecified atom stereocenters. The second-order valence-corrected chi connectivity index (χ2v) is 11.7. The number of rotatable bonds is 8. The minimum absolute atomic E-state index is 0.0848. The summed E-state index contributed by atoms with van der Waals surface area (Å²) in [6.07, 6.45) is 0.425. The Morgan fingerprint density at radius 1 is 0.556 bits per heavy atom. The van der Waals surface area contributed by atoms with Crippen molar-refractivity contribution in [1.82, 2.24) is 0 Å². The number of benzene rings is 4. The topological polar surface area (TPSA) is 52.6 Å². The minimum atomic E-state index is -2.40. The zero-order valence-corrected chi connectivity index (χ0v) is 21.2. The molecule has 0 amide bonds. The van der Waals surface area contributed by atoms with Crippen LogP contribution >= 0.6 is 7.26 Å². The number of allylic oxidation sites excluding steroid dienone is 1. The number of hydrogen-bond acceptors (Lipinski definition) is 4. The van der Waals surface area contributed by atoms with E-state index in [1.807, 2.05) is 84.9 Å². The number of ether oxygens (including phenoxy) is 2. The molecule has 36 heavy (non-hydrogen) atoms. The van der Waals surface area contributed by atoms with E-state index >= 15 is 0 Å². The van der Waals surface area contributed by atoms with Crippen LogP contribution in [0.5, 0.6) is 0 Å². The lowest BCUT2D eigenvalue weighted by Gasteiger charge is -2.29. The highest BCUT2D eigenvalue weighted by molar-refractivity contribution is 7.96. The molecular formula is C31H28O4P+. The normalized spacial score (nSPS) is 10.8. The largest absolute Gasteiger partial charge is 0.465 e. The fourth-order valence-electron chi connectivity index (χ4n) is 4.49. The summed E-state index contributed by atoms with van der Waals surface area (Å²) in [4.78, 5) is 26.1. The monoisotopic (exact) mass is 495 g/mol. The molecule has 0 atom stereocenters. The maximum absolute atomic E-state index is 13.1. The molecule has 5 heteroatoms. The lowest BCUT2D eigenvalue weighted by Crippen LogP contribution is -2.34. The van der Waals surface area contributed by atoms with Gasteiger partial charge in [0.25, 0.3) is 0 Å². The van der Waals surface area contributed by atoms with E-state index in [9.17, 15) is 9.59 Å². The Balaban J connectivity index is 2.12. The minimum Gasteiger partial charge on any atom is -0.465 e. The molecule has 4 aromatic carbocycles. The first-order chi connectivity index (χ1) is 17.6. The maximum Gasteiger partial charge on any atom is 0.345 e.